The van der Waals surface area contributed by atoms with E-state index in [2.05, 4.69) is 33.9 Å². The summed E-state index contributed by atoms with van der Waals surface area (Å²) in [6, 6.07) is 0. The van der Waals surface area contributed by atoms with Crippen LogP contribution in [0.4, 0.5) is 0 Å². The summed E-state index contributed by atoms with van der Waals surface area (Å²) < 4.78 is 0. The highest BCUT2D eigenvalue weighted by Crippen LogP contribution is 2.38. The summed E-state index contributed by atoms with van der Waals surface area (Å²) in [5, 5.41) is 0. The number of hydrogen-bond acceptors (Lipinski definition) is 0. The zero-order chi connectivity index (χ0) is 10.7. The van der Waals surface area contributed by atoms with Crippen molar-refractivity contribution < 1.29 is 0 Å². The largest absolute Gasteiger partial charge is 0.0988 e. The highest BCUT2D eigenvalue weighted by atomic mass is 14.3. The van der Waals surface area contributed by atoms with E-state index >= 15 is 0 Å². The van der Waals surface area contributed by atoms with Crippen molar-refractivity contribution in [1.82, 2.24) is 0 Å². The molecule has 2 atom stereocenters. The van der Waals surface area contributed by atoms with Crippen LogP contribution in [0.15, 0.2) is 36.5 Å². The second-order valence-corrected chi connectivity index (χ2v) is 4.65. The molecule has 0 saturated carbocycles. The lowest BCUT2D eigenvalue weighted by Crippen LogP contribution is -2.20. The molecule has 1 aliphatic rings. The van der Waals surface area contributed by atoms with Gasteiger partial charge in [-0.25, -0.2) is 0 Å². The van der Waals surface area contributed by atoms with E-state index in [-0.39, 0.29) is 0 Å². The minimum atomic E-state index is 0.662. The second kappa shape index (κ2) is 4.63. The molecule has 0 N–H and O–H groups in total. The molecule has 1 aliphatic carbocycles. The standard InChI is InChI=1S/C14H22/c1-6-12-11(5)8-9-14(10(3)4)13(12)7-2/h6-7,10-11,14H,1-2,8-9H2,3-5H3. The summed E-state index contributed by atoms with van der Waals surface area (Å²) in [7, 11) is 0. The average molecular weight is 190 g/mol. The molecule has 1 rings (SSSR count). The Kier molecular flexibility index (Phi) is 3.74. The van der Waals surface area contributed by atoms with Crippen molar-refractivity contribution in [1.29, 1.82) is 0 Å². The maximum atomic E-state index is 3.94. The van der Waals surface area contributed by atoms with E-state index < -0.39 is 0 Å². The first kappa shape index (κ1) is 11.3. The molecule has 0 radical (unpaired) electrons. The van der Waals surface area contributed by atoms with Crippen LogP contribution in [-0.4, -0.2) is 0 Å². The minimum Gasteiger partial charge on any atom is -0.0988 e. The van der Waals surface area contributed by atoms with Crippen LogP contribution in [0.1, 0.15) is 33.6 Å². The van der Waals surface area contributed by atoms with Gasteiger partial charge in [-0.2, -0.15) is 0 Å². The summed E-state index contributed by atoms with van der Waals surface area (Å²) >= 11 is 0. The van der Waals surface area contributed by atoms with Crippen molar-refractivity contribution in [2.75, 3.05) is 0 Å². The summed E-state index contributed by atoms with van der Waals surface area (Å²) in [5.74, 6) is 2.07. The molecule has 78 valence electrons. The number of rotatable bonds is 3. The third-order valence-corrected chi connectivity index (χ3v) is 3.42. The SMILES string of the molecule is C=CC1=C(C=C)C(C(C)C)CCC1C. The maximum absolute atomic E-state index is 3.94. The molecular weight excluding hydrogens is 168 g/mol. The lowest BCUT2D eigenvalue weighted by Gasteiger charge is -2.32. The van der Waals surface area contributed by atoms with E-state index in [1.165, 1.54) is 24.0 Å². The van der Waals surface area contributed by atoms with Gasteiger partial charge in [0.25, 0.3) is 0 Å². The quantitative estimate of drug-likeness (QED) is 0.620. The predicted molar refractivity (Wildman–Crippen MR) is 64.1 cm³/mol. The Balaban J connectivity index is 3.09. The van der Waals surface area contributed by atoms with Gasteiger partial charge in [-0.1, -0.05) is 46.1 Å². The van der Waals surface area contributed by atoms with E-state index in [1.54, 1.807) is 0 Å². The van der Waals surface area contributed by atoms with E-state index in [0.717, 1.165) is 0 Å². The van der Waals surface area contributed by atoms with Crippen molar-refractivity contribution >= 4 is 0 Å². The van der Waals surface area contributed by atoms with Crippen LogP contribution in [0, 0.1) is 17.8 Å². The fraction of sp³-hybridized carbons (Fsp3) is 0.571. The molecule has 14 heavy (non-hydrogen) atoms. The van der Waals surface area contributed by atoms with Crippen LogP contribution in [-0.2, 0) is 0 Å². The topological polar surface area (TPSA) is 0 Å². The molecule has 2 unspecified atom stereocenters. The van der Waals surface area contributed by atoms with E-state index in [0.29, 0.717) is 17.8 Å². The first-order valence-corrected chi connectivity index (χ1v) is 5.60. The first-order chi connectivity index (χ1) is 6.61. The van der Waals surface area contributed by atoms with Crippen molar-refractivity contribution in [2.24, 2.45) is 17.8 Å². The van der Waals surface area contributed by atoms with Crippen LogP contribution in [0.3, 0.4) is 0 Å². The van der Waals surface area contributed by atoms with Crippen molar-refractivity contribution in [2.45, 2.75) is 33.6 Å². The van der Waals surface area contributed by atoms with Gasteiger partial charge in [0, 0.05) is 0 Å². The molecular formula is C14H22. The molecule has 0 bridgehead atoms. The molecule has 0 aromatic carbocycles. The zero-order valence-electron chi connectivity index (χ0n) is 9.72. The molecule has 0 fully saturated rings. The van der Waals surface area contributed by atoms with E-state index in [1.807, 2.05) is 12.2 Å². The van der Waals surface area contributed by atoms with Gasteiger partial charge in [-0.15, -0.1) is 0 Å². The average Bonchev–Trinajstić information content (AvgIpc) is 2.16. The molecule has 0 heterocycles. The van der Waals surface area contributed by atoms with Gasteiger partial charge in [0.2, 0.25) is 0 Å². The fourth-order valence-corrected chi connectivity index (χ4v) is 2.52. The van der Waals surface area contributed by atoms with Crippen LogP contribution in [0.25, 0.3) is 0 Å². The molecule has 0 saturated heterocycles. The summed E-state index contributed by atoms with van der Waals surface area (Å²) in [5.41, 5.74) is 2.86. The zero-order valence-corrected chi connectivity index (χ0v) is 9.72. The number of hydrogen-bond donors (Lipinski definition) is 0. The lowest BCUT2D eigenvalue weighted by atomic mass is 9.73. The molecule has 0 spiro atoms. The molecule has 0 aromatic heterocycles. The molecule has 0 aromatic rings. The Hall–Kier alpha value is -0.780. The summed E-state index contributed by atoms with van der Waals surface area (Å²) in [6.45, 7) is 14.7. The van der Waals surface area contributed by atoms with Crippen molar-refractivity contribution in [3.8, 4) is 0 Å². The Labute approximate surface area is 88.4 Å². The molecule has 0 amide bonds. The fourth-order valence-electron chi connectivity index (χ4n) is 2.52. The van der Waals surface area contributed by atoms with Crippen LogP contribution >= 0.6 is 0 Å². The van der Waals surface area contributed by atoms with Crippen LogP contribution < -0.4 is 0 Å². The summed E-state index contributed by atoms with van der Waals surface area (Å²) in [6.07, 6.45) is 6.66. The van der Waals surface area contributed by atoms with E-state index in [4.69, 9.17) is 0 Å². The van der Waals surface area contributed by atoms with Crippen LogP contribution in [0.2, 0.25) is 0 Å². The molecule has 0 nitrogen and oxygen atoms in total. The molecule has 0 aliphatic heterocycles. The third kappa shape index (κ3) is 2.00. The Morgan fingerprint density at radius 1 is 1.14 bits per heavy atom. The maximum Gasteiger partial charge on any atom is -0.0136 e. The Morgan fingerprint density at radius 2 is 1.71 bits per heavy atom. The predicted octanol–water partition coefficient (Wildman–Crippen LogP) is 4.36. The van der Waals surface area contributed by atoms with Gasteiger partial charge in [0.05, 0.1) is 0 Å². The van der Waals surface area contributed by atoms with Gasteiger partial charge in [-0.3, -0.25) is 0 Å². The van der Waals surface area contributed by atoms with Crippen LogP contribution in [0.5, 0.6) is 0 Å². The van der Waals surface area contributed by atoms with Crippen molar-refractivity contribution in [3.05, 3.63) is 36.5 Å². The van der Waals surface area contributed by atoms with E-state index in [9.17, 15) is 0 Å². The Bertz CT molecular complexity index is 255. The van der Waals surface area contributed by atoms with Gasteiger partial charge in [-0.05, 0) is 41.7 Å². The van der Waals surface area contributed by atoms with Gasteiger partial charge >= 0.3 is 0 Å². The lowest BCUT2D eigenvalue weighted by molar-refractivity contribution is 0.361. The molecule has 0 heteroatoms. The van der Waals surface area contributed by atoms with Crippen molar-refractivity contribution in [3.63, 3.8) is 0 Å². The number of allylic oxidation sites excluding steroid dienone is 4. The third-order valence-electron chi connectivity index (χ3n) is 3.42. The normalized spacial score (nSPS) is 28.0. The van der Waals surface area contributed by atoms with Gasteiger partial charge in [0.1, 0.15) is 0 Å². The Morgan fingerprint density at radius 3 is 2.14 bits per heavy atom. The summed E-state index contributed by atoms with van der Waals surface area (Å²) in [4.78, 5) is 0. The highest BCUT2D eigenvalue weighted by molar-refractivity contribution is 5.36. The first-order valence-electron chi connectivity index (χ1n) is 5.60. The van der Waals surface area contributed by atoms with Gasteiger partial charge < -0.3 is 0 Å². The highest BCUT2D eigenvalue weighted by Gasteiger charge is 2.26. The monoisotopic (exact) mass is 190 g/mol. The minimum absolute atomic E-state index is 0.662. The smallest absolute Gasteiger partial charge is 0.0136 e. The van der Waals surface area contributed by atoms with Gasteiger partial charge in [0.15, 0.2) is 0 Å². The second-order valence-electron chi connectivity index (χ2n) is 4.65.